The van der Waals surface area contributed by atoms with Gasteiger partial charge in [-0.3, -0.25) is 9.59 Å². The van der Waals surface area contributed by atoms with Crippen molar-refractivity contribution in [2.45, 2.75) is 51.5 Å². The average molecular weight is 530 g/mol. The number of rotatable bonds is 7. The van der Waals surface area contributed by atoms with Crippen LogP contribution in [0.3, 0.4) is 0 Å². The number of nitrogens with one attached hydrogen (secondary N) is 2. The van der Waals surface area contributed by atoms with Crippen molar-refractivity contribution in [2.24, 2.45) is 5.92 Å². The van der Waals surface area contributed by atoms with Crippen LogP contribution in [0.15, 0.2) is 42.6 Å². The first-order chi connectivity index (χ1) is 18.1. The molecule has 1 aliphatic rings. The molecule has 2 heterocycles. The molecule has 1 aromatic heterocycles. The predicted octanol–water partition coefficient (Wildman–Crippen LogP) is 1.74. The summed E-state index contributed by atoms with van der Waals surface area (Å²) in [4.78, 5) is 55.3. The van der Waals surface area contributed by atoms with Gasteiger partial charge in [0.15, 0.2) is 29.3 Å². The third-order valence-corrected chi connectivity index (χ3v) is 5.72. The van der Waals surface area contributed by atoms with E-state index in [4.69, 9.17) is 18.9 Å². The first-order valence-electron chi connectivity index (χ1n) is 12.0. The highest BCUT2D eigenvalue weighted by Crippen LogP contribution is 2.28. The number of alkyl carbamates (subject to hydrolysis) is 1. The number of benzene rings is 1. The average Bonchev–Trinajstić information content (AvgIpc) is 2.91. The van der Waals surface area contributed by atoms with Gasteiger partial charge >= 0.3 is 18.0 Å². The smallest absolute Gasteiger partial charge is 0.407 e. The van der Waals surface area contributed by atoms with E-state index in [1.807, 2.05) is 6.07 Å². The topological polar surface area (TPSA) is 162 Å². The second-order valence-corrected chi connectivity index (χ2v) is 8.97. The molecular formula is C26H31N3O9. The molecular weight excluding hydrogens is 498 g/mol. The monoisotopic (exact) mass is 529 g/mol. The normalized spacial score (nSPS) is 21.7. The third-order valence-electron chi connectivity index (χ3n) is 5.72. The van der Waals surface area contributed by atoms with Crippen molar-refractivity contribution < 1.29 is 43.2 Å². The first kappa shape index (κ1) is 28.2. The molecule has 12 nitrogen and oxygen atoms in total. The fourth-order valence-electron chi connectivity index (χ4n) is 3.87. The maximum absolute atomic E-state index is 13.2. The quantitative estimate of drug-likeness (QED) is 0.356. The van der Waals surface area contributed by atoms with Crippen LogP contribution in [0.5, 0.6) is 11.5 Å². The molecule has 0 saturated carbocycles. The van der Waals surface area contributed by atoms with Crippen molar-refractivity contribution in [1.82, 2.24) is 15.6 Å². The van der Waals surface area contributed by atoms with Gasteiger partial charge in [0.25, 0.3) is 5.91 Å². The Hall–Kier alpha value is -4.35. The number of amides is 2. The van der Waals surface area contributed by atoms with Gasteiger partial charge in [-0.1, -0.05) is 30.3 Å². The Morgan fingerprint density at radius 2 is 1.87 bits per heavy atom. The lowest BCUT2D eigenvalue weighted by molar-refractivity contribution is -0.159. The third kappa shape index (κ3) is 7.11. The minimum absolute atomic E-state index is 0.00524. The Morgan fingerprint density at radius 1 is 1.16 bits per heavy atom. The van der Waals surface area contributed by atoms with E-state index < -0.39 is 66.2 Å². The van der Waals surface area contributed by atoms with E-state index in [-0.39, 0.29) is 18.2 Å². The minimum atomic E-state index is -1.43. The van der Waals surface area contributed by atoms with Gasteiger partial charge in [-0.25, -0.2) is 14.6 Å². The molecule has 2 aromatic rings. The maximum Gasteiger partial charge on any atom is 0.407 e. The fraction of sp³-hybridized carbons (Fsp3) is 0.423. The summed E-state index contributed by atoms with van der Waals surface area (Å²) in [6.07, 6.45) is -1.68. The van der Waals surface area contributed by atoms with E-state index in [1.54, 1.807) is 38.1 Å². The number of carbonyl (C=O) groups is 4. The van der Waals surface area contributed by atoms with Crippen LogP contribution in [0.25, 0.3) is 0 Å². The number of aromatic hydroxyl groups is 1. The minimum Gasteiger partial charge on any atom is -0.503 e. The molecule has 1 saturated heterocycles. The number of pyridine rings is 1. The number of aromatic nitrogens is 1. The molecule has 1 aromatic carbocycles. The molecule has 3 N–H and O–H groups in total. The molecule has 4 atom stereocenters. The first-order valence-corrected chi connectivity index (χ1v) is 12.0. The van der Waals surface area contributed by atoms with Gasteiger partial charge < -0.3 is 34.7 Å². The zero-order valence-corrected chi connectivity index (χ0v) is 21.5. The van der Waals surface area contributed by atoms with Crippen LogP contribution in [0.2, 0.25) is 0 Å². The number of ether oxygens (including phenoxy) is 4. The van der Waals surface area contributed by atoms with Gasteiger partial charge in [0.1, 0.15) is 18.6 Å². The van der Waals surface area contributed by atoms with Crippen LogP contribution in [0, 0.1) is 5.92 Å². The van der Waals surface area contributed by atoms with E-state index in [1.165, 1.54) is 26.3 Å². The van der Waals surface area contributed by atoms with Crippen LogP contribution in [0.4, 0.5) is 4.79 Å². The van der Waals surface area contributed by atoms with Crippen molar-refractivity contribution in [1.29, 1.82) is 0 Å². The second-order valence-electron chi connectivity index (χ2n) is 8.97. The summed E-state index contributed by atoms with van der Waals surface area (Å²) in [6.45, 7) is 4.41. The highest BCUT2D eigenvalue weighted by Gasteiger charge is 2.42. The summed E-state index contributed by atoms with van der Waals surface area (Å²) in [7, 11) is 1.30. The van der Waals surface area contributed by atoms with Gasteiger partial charge in [-0.15, -0.1) is 0 Å². The lowest BCUT2D eigenvalue weighted by Gasteiger charge is -2.29. The van der Waals surface area contributed by atoms with Crippen LogP contribution in [-0.4, -0.2) is 72.0 Å². The van der Waals surface area contributed by atoms with Crippen LogP contribution in [-0.2, 0) is 30.2 Å². The molecule has 1 fully saturated rings. The second kappa shape index (κ2) is 12.7. The Kier molecular flexibility index (Phi) is 9.47. The number of cyclic esters (lactones) is 2. The zero-order valence-electron chi connectivity index (χ0n) is 21.5. The Bertz CT molecular complexity index is 1160. The van der Waals surface area contributed by atoms with E-state index in [2.05, 4.69) is 15.6 Å². The van der Waals surface area contributed by atoms with Crippen molar-refractivity contribution in [3.8, 4) is 11.5 Å². The van der Waals surface area contributed by atoms with Gasteiger partial charge in [0.05, 0.1) is 7.11 Å². The maximum atomic E-state index is 13.2. The number of methoxy groups -OCH3 is 1. The summed E-state index contributed by atoms with van der Waals surface area (Å²) in [5.41, 5.74) is 0.374. The van der Waals surface area contributed by atoms with Gasteiger partial charge in [0.2, 0.25) is 0 Å². The molecule has 0 bridgehead atoms. The number of nitrogens with zero attached hydrogens (tertiary/aromatic N) is 1. The number of esters is 2. The fourth-order valence-corrected chi connectivity index (χ4v) is 3.87. The van der Waals surface area contributed by atoms with Crippen molar-refractivity contribution in [3.63, 3.8) is 0 Å². The van der Waals surface area contributed by atoms with E-state index in [0.29, 0.717) is 0 Å². The highest BCUT2D eigenvalue weighted by molar-refractivity contribution is 5.98. The molecule has 204 valence electrons. The van der Waals surface area contributed by atoms with Crippen LogP contribution < -0.4 is 15.4 Å². The van der Waals surface area contributed by atoms with Crippen molar-refractivity contribution >= 4 is 23.9 Å². The lowest BCUT2D eigenvalue weighted by Crippen LogP contribution is -2.47. The lowest BCUT2D eigenvalue weighted by atomic mass is 9.91. The van der Waals surface area contributed by atoms with Crippen LogP contribution >= 0.6 is 0 Å². The molecule has 0 radical (unpaired) electrons. The number of hydrogen-bond acceptors (Lipinski definition) is 10. The standard InChI is InChI=1S/C26H31N3O9/c1-14(2)28-26(34)38-22-15(3)37-25(33)18(29-23(31)20-21(30)19(35-4)10-11-27-20)13-36-24(32)17(22)12-16-8-6-5-7-9-16/h5-11,14-15,17-18,22,30H,12-13H2,1-4H3,(H,28,34)(H,29,31)/t15-,17+,18-,22-/m0/s1. The Morgan fingerprint density at radius 3 is 2.53 bits per heavy atom. The van der Waals surface area contributed by atoms with E-state index in [0.717, 1.165) is 5.56 Å². The Balaban J connectivity index is 1.86. The highest BCUT2D eigenvalue weighted by atomic mass is 16.6. The molecule has 0 spiro atoms. The summed E-state index contributed by atoms with van der Waals surface area (Å²) >= 11 is 0. The summed E-state index contributed by atoms with van der Waals surface area (Å²) in [6, 6.07) is 8.72. The molecule has 0 unspecified atom stereocenters. The Labute approximate surface area is 219 Å². The van der Waals surface area contributed by atoms with Gasteiger partial charge in [0, 0.05) is 18.3 Å². The van der Waals surface area contributed by atoms with Crippen molar-refractivity contribution in [2.75, 3.05) is 13.7 Å². The molecule has 38 heavy (non-hydrogen) atoms. The molecule has 3 rings (SSSR count). The summed E-state index contributed by atoms with van der Waals surface area (Å²) in [5.74, 6) is -4.14. The van der Waals surface area contributed by atoms with Gasteiger partial charge in [-0.2, -0.15) is 0 Å². The van der Waals surface area contributed by atoms with Gasteiger partial charge in [-0.05, 0) is 32.8 Å². The predicted molar refractivity (Wildman–Crippen MR) is 132 cm³/mol. The SMILES string of the molecule is COc1ccnc(C(=O)N[C@H]2COC(=O)[C@H](Cc3ccccc3)[C@@H](OC(=O)NC(C)C)[C@H](C)OC2=O)c1O. The summed E-state index contributed by atoms with van der Waals surface area (Å²) in [5, 5.41) is 15.2. The molecule has 12 heteroatoms. The number of hydrogen-bond donors (Lipinski definition) is 3. The van der Waals surface area contributed by atoms with Crippen molar-refractivity contribution in [3.05, 3.63) is 53.9 Å². The molecule has 1 aliphatic heterocycles. The van der Waals surface area contributed by atoms with E-state index in [9.17, 15) is 24.3 Å². The largest absolute Gasteiger partial charge is 0.503 e. The van der Waals surface area contributed by atoms with E-state index >= 15 is 0 Å². The molecule has 2 amide bonds. The number of carbonyl (C=O) groups excluding carboxylic acids is 4. The zero-order chi connectivity index (χ0) is 27.8. The summed E-state index contributed by atoms with van der Waals surface area (Å²) < 4.78 is 21.5. The van der Waals surface area contributed by atoms with Crippen LogP contribution in [0.1, 0.15) is 36.8 Å². The molecule has 0 aliphatic carbocycles.